The highest BCUT2D eigenvalue weighted by Gasteiger charge is 2.31. The second-order valence-corrected chi connectivity index (χ2v) is 5.74. The van der Waals surface area contributed by atoms with Gasteiger partial charge < -0.3 is 5.32 Å². The van der Waals surface area contributed by atoms with Crippen LogP contribution >= 0.6 is 0 Å². The van der Waals surface area contributed by atoms with Crippen molar-refractivity contribution in [1.82, 2.24) is 10.6 Å². The normalized spacial score (nSPS) is 28.5. The van der Waals surface area contributed by atoms with E-state index in [0.717, 1.165) is 6.67 Å². The van der Waals surface area contributed by atoms with Gasteiger partial charge in [0.25, 0.3) is 0 Å². The Balaban J connectivity index is 1.80. The topological polar surface area (TPSA) is 24.1 Å². The summed E-state index contributed by atoms with van der Waals surface area (Å²) in [5, 5.41) is 7.20. The van der Waals surface area contributed by atoms with E-state index in [1.165, 1.54) is 77.2 Å². The minimum absolute atomic E-state index is 0.458. The van der Waals surface area contributed by atoms with Crippen molar-refractivity contribution in [1.29, 1.82) is 0 Å². The molecule has 1 aliphatic heterocycles. The van der Waals surface area contributed by atoms with Crippen LogP contribution in [0.2, 0.25) is 0 Å². The molecule has 2 aliphatic rings. The predicted molar refractivity (Wildman–Crippen MR) is 69.5 cm³/mol. The number of rotatable bonds is 0. The van der Waals surface area contributed by atoms with Crippen molar-refractivity contribution in [2.75, 3.05) is 13.2 Å². The summed E-state index contributed by atoms with van der Waals surface area (Å²) in [6.45, 7) is 2.23. The van der Waals surface area contributed by atoms with E-state index in [-0.39, 0.29) is 0 Å². The van der Waals surface area contributed by atoms with E-state index in [4.69, 9.17) is 0 Å². The highest BCUT2D eigenvalue weighted by Crippen LogP contribution is 2.25. The summed E-state index contributed by atoms with van der Waals surface area (Å²) < 4.78 is 0. The summed E-state index contributed by atoms with van der Waals surface area (Å²) in [6, 6.07) is 0. The Morgan fingerprint density at radius 2 is 1.12 bits per heavy atom. The molecule has 16 heavy (non-hydrogen) atoms. The van der Waals surface area contributed by atoms with Gasteiger partial charge in [-0.05, 0) is 12.8 Å². The van der Waals surface area contributed by atoms with Crippen LogP contribution in [0.1, 0.15) is 70.6 Å². The molecule has 2 fully saturated rings. The fourth-order valence-corrected chi connectivity index (χ4v) is 3.26. The first-order chi connectivity index (χ1) is 7.91. The van der Waals surface area contributed by atoms with E-state index in [1.54, 1.807) is 0 Å². The zero-order chi connectivity index (χ0) is 11.1. The lowest BCUT2D eigenvalue weighted by atomic mass is 9.86. The van der Waals surface area contributed by atoms with Gasteiger partial charge >= 0.3 is 0 Å². The molecule has 2 N–H and O–H groups in total. The molecular weight excluding hydrogens is 196 g/mol. The Hall–Kier alpha value is -0.0800. The Labute approximate surface area is 101 Å². The lowest BCUT2D eigenvalue weighted by molar-refractivity contribution is 0.312. The molecule has 0 bridgehead atoms. The third kappa shape index (κ3) is 3.74. The summed E-state index contributed by atoms with van der Waals surface area (Å²) in [5.74, 6) is 0. The van der Waals surface area contributed by atoms with Crippen LogP contribution in [0.3, 0.4) is 0 Å². The summed E-state index contributed by atoms with van der Waals surface area (Å²) in [7, 11) is 0. The Morgan fingerprint density at radius 3 is 1.56 bits per heavy atom. The molecule has 2 heteroatoms. The molecule has 0 aromatic carbocycles. The van der Waals surface area contributed by atoms with E-state index < -0.39 is 0 Å². The second-order valence-electron chi connectivity index (χ2n) is 5.74. The van der Waals surface area contributed by atoms with Gasteiger partial charge in [-0.15, -0.1) is 0 Å². The maximum absolute atomic E-state index is 3.71. The first-order valence-corrected chi connectivity index (χ1v) is 7.37. The average Bonchev–Trinajstić information content (AvgIpc) is 2.73. The van der Waals surface area contributed by atoms with Crippen LogP contribution < -0.4 is 10.6 Å². The van der Waals surface area contributed by atoms with Gasteiger partial charge in [0.1, 0.15) is 0 Å². The molecule has 0 unspecified atom stereocenters. The number of nitrogens with one attached hydrogen (secondary N) is 2. The summed E-state index contributed by atoms with van der Waals surface area (Å²) >= 11 is 0. The smallest absolute Gasteiger partial charge is 0.0459 e. The first kappa shape index (κ1) is 12.4. The summed E-state index contributed by atoms with van der Waals surface area (Å²) in [5.41, 5.74) is 0.458. The average molecular weight is 224 g/mol. The molecule has 1 saturated carbocycles. The number of hydrogen-bond donors (Lipinski definition) is 2. The maximum atomic E-state index is 3.71. The SMILES string of the molecule is C1CCCCCC2(CCCCC1)CNCN2. The monoisotopic (exact) mass is 224 g/mol. The van der Waals surface area contributed by atoms with E-state index in [9.17, 15) is 0 Å². The van der Waals surface area contributed by atoms with Crippen molar-refractivity contribution in [3.8, 4) is 0 Å². The van der Waals surface area contributed by atoms with Gasteiger partial charge in [0, 0.05) is 18.8 Å². The van der Waals surface area contributed by atoms with Crippen LogP contribution in [-0.4, -0.2) is 18.8 Å². The van der Waals surface area contributed by atoms with Crippen LogP contribution in [-0.2, 0) is 0 Å². The van der Waals surface area contributed by atoms with Gasteiger partial charge in [0.15, 0.2) is 0 Å². The quantitative estimate of drug-likeness (QED) is 0.660. The molecule has 94 valence electrons. The Bertz CT molecular complexity index is 171. The molecule has 0 amide bonds. The molecule has 2 nitrogen and oxygen atoms in total. The third-order valence-corrected chi connectivity index (χ3v) is 4.36. The van der Waals surface area contributed by atoms with E-state index >= 15 is 0 Å². The van der Waals surface area contributed by atoms with Crippen molar-refractivity contribution in [3.63, 3.8) is 0 Å². The van der Waals surface area contributed by atoms with Crippen LogP contribution in [0.4, 0.5) is 0 Å². The minimum atomic E-state index is 0.458. The molecule has 1 spiro atoms. The highest BCUT2D eigenvalue weighted by molar-refractivity contribution is 4.94. The van der Waals surface area contributed by atoms with Crippen molar-refractivity contribution >= 4 is 0 Å². The van der Waals surface area contributed by atoms with Crippen LogP contribution in [0.25, 0.3) is 0 Å². The van der Waals surface area contributed by atoms with E-state index in [0.29, 0.717) is 5.54 Å². The standard InChI is InChI=1S/C14H28N2/c1-2-4-6-8-10-14(12-15-13-16-14)11-9-7-5-3-1/h15-16H,1-13H2. The van der Waals surface area contributed by atoms with Crippen molar-refractivity contribution in [3.05, 3.63) is 0 Å². The van der Waals surface area contributed by atoms with Crippen molar-refractivity contribution in [2.24, 2.45) is 0 Å². The second kappa shape index (κ2) is 6.61. The van der Waals surface area contributed by atoms with Crippen molar-refractivity contribution in [2.45, 2.75) is 76.2 Å². The van der Waals surface area contributed by atoms with Gasteiger partial charge in [-0.25, -0.2) is 0 Å². The Morgan fingerprint density at radius 1 is 0.625 bits per heavy atom. The van der Waals surface area contributed by atoms with Gasteiger partial charge in [0.05, 0.1) is 0 Å². The molecule has 0 aromatic heterocycles. The fraction of sp³-hybridized carbons (Fsp3) is 1.00. The predicted octanol–water partition coefficient (Wildman–Crippen LogP) is 3.18. The highest BCUT2D eigenvalue weighted by atomic mass is 15.2. The fourth-order valence-electron chi connectivity index (χ4n) is 3.26. The maximum Gasteiger partial charge on any atom is 0.0459 e. The number of hydrogen-bond acceptors (Lipinski definition) is 2. The molecule has 1 saturated heterocycles. The van der Waals surface area contributed by atoms with Crippen LogP contribution in [0, 0.1) is 0 Å². The molecule has 0 radical (unpaired) electrons. The van der Waals surface area contributed by atoms with E-state index in [2.05, 4.69) is 10.6 Å². The molecule has 1 aliphatic carbocycles. The van der Waals surface area contributed by atoms with Gasteiger partial charge in [-0.2, -0.15) is 0 Å². The zero-order valence-electron chi connectivity index (χ0n) is 10.7. The van der Waals surface area contributed by atoms with Crippen LogP contribution in [0.5, 0.6) is 0 Å². The van der Waals surface area contributed by atoms with Gasteiger partial charge in [-0.1, -0.05) is 57.8 Å². The third-order valence-electron chi connectivity index (χ3n) is 4.36. The lowest BCUT2D eigenvalue weighted by Gasteiger charge is -2.29. The van der Waals surface area contributed by atoms with E-state index in [1.807, 2.05) is 0 Å². The first-order valence-electron chi connectivity index (χ1n) is 7.37. The van der Waals surface area contributed by atoms with Gasteiger partial charge in [-0.3, -0.25) is 5.32 Å². The molecule has 1 heterocycles. The molecule has 0 aromatic rings. The minimum Gasteiger partial charge on any atom is -0.303 e. The summed E-state index contributed by atoms with van der Waals surface area (Å²) in [4.78, 5) is 0. The zero-order valence-corrected chi connectivity index (χ0v) is 10.7. The Kier molecular flexibility index (Phi) is 5.11. The van der Waals surface area contributed by atoms with Crippen LogP contribution in [0.15, 0.2) is 0 Å². The molecule has 2 rings (SSSR count). The lowest BCUT2D eigenvalue weighted by Crippen LogP contribution is -2.42. The van der Waals surface area contributed by atoms with Gasteiger partial charge in [0.2, 0.25) is 0 Å². The molecular formula is C14H28N2. The molecule has 0 atom stereocenters. The van der Waals surface area contributed by atoms with Crippen molar-refractivity contribution < 1.29 is 0 Å². The summed E-state index contributed by atoms with van der Waals surface area (Å²) in [6.07, 6.45) is 15.9. The largest absolute Gasteiger partial charge is 0.303 e.